The molecule has 0 radical (unpaired) electrons. The highest BCUT2D eigenvalue weighted by Gasteiger charge is 2.38. The Morgan fingerprint density at radius 2 is 1.78 bits per heavy atom. The van der Waals surface area contributed by atoms with Crippen LogP contribution in [-0.2, 0) is 9.59 Å². The van der Waals surface area contributed by atoms with Gasteiger partial charge in [0.05, 0.1) is 23.6 Å². The number of nitrogens with zero attached hydrogens (tertiary/aromatic N) is 3. The molecule has 2 aliphatic rings. The van der Waals surface area contributed by atoms with E-state index >= 15 is 0 Å². The van der Waals surface area contributed by atoms with Crippen molar-refractivity contribution in [3.05, 3.63) is 58.9 Å². The number of ether oxygens (including phenoxy) is 1. The van der Waals surface area contributed by atoms with Crippen LogP contribution in [0.3, 0.4) is 0 Å². The second-order valence-corrected chi connectivity index (χ2v) is 8.26. The molecule has 0 bridgehead atoms. The third-order valence-electron chi connectivity index (χ3n) is 5.88. The fourth-order valence-corrected chi connectivity index (χ4v) is 4.37. The molecule has 7 nitrogen and oxygen atoms in total. The van der Waals surface area contributed by atoms with E-state index in [0.717, 1.165) is 6.07 Å². The standard InChI is InChI=1S/C23H23ClFN3O4/c1-32-18-4-2-3-17(13-18)28-14-15(11-21(28)29)22(30)26-7-9-27(10-8-26)23(31)19-6-5-16(25)12-20(19)24/h2-6,12-13,15H,7-11,14H2,1H3. The number of anilines is 1. The molecule has 2 aromatic carbocycles. The van der Waals surface area contributed by atoms with Crippen molar-refractivity contribution in [2.24, 2.45) is 5.92 Å². The minimum atomic E-state index is -0.504. The van der Waals surface area contributed by atoms with Crippen LogP contribution in [0.25, 0.3) is 0 Å². The molecule has 2 heterocycles. The summed E-state index contributed by atoms with van der Waals surface area (Å²) in [6, 6.07) is 10.9. The SMILES string of the molecule is COc1cccc(N2CC(C(=O)N3CCN(C(=O)c4ccc(F)cc4Cl)CC3)CC2=O)c1. The van der Waals surface area contributed by atoms with Crippen LogP contribution in [0.4, 0.5) is 10.1 Å². The Balaban J connectivity index is 1.36. The van der Waals surface area contributed by atoms with E-state index in [0.29, 0.717) is 44.2 Å². The molecular weight excluding hydrogens is 437 g/mol. The zero-order chi connectivity index (χ0) is 22.8. The maximum atomic E-state index is 13.3. The minimum absolute atomic E-state index is 0.0654. The number of piperazine rings is 1. The molecule has 2 aliphatic heterocycles. The van der Waals surface area contributed by atoms with Crippen LogP contribution in [-0.4, -0.2) is 67.4 Å². The summed E-state index contributed by atoms with van der Waals surface area (Å²) in [5.74, 6) is -0.764. The van der Waals surface area contributed by atoms with Gasteiger partial charge in [0.15, 0.2) is 0 Å². The number of rotatable bonds is 4. The number of methoxy groups -OCH3 is 1. The second kappa shape index (κ2) is 9.16. The van der Waals surface area contributed by atoms with Crippen molar-refractivity contribution in [3.63, 3.8) is 0 Å². The number of halogens is 2. The van der Waals surface area contributed by atoms with Crippen LogP contribution in [0.2, 0.25) is 5.02 Å². The Labute approximate surface area is 190 Å². The molecule has 1 atom stereocenters. The number of benzene rings is 2. The Morgan fingerprint density at radius 3 is 2.47 bits per heavy atom. The molecule has 0 spiro atoms. The highest BCUT2D eigenvalue weighted by atomic mass is 35.5. The molecule has 0 saturated carbocycles. The molecule has 1 unspecified atom stereocenters. The zero-order valence-corrected chi connectivity index (χ0v) is 18.3. The average molecular weight is 460 g/mol. The molecule has 9 heteroatoms. The van der Waals surface area contributed by atoms with Crippen molar-refractivity contribution in [1.29, 1.82) is 0 Å². The van der Waals surface area contributed by atoms with Crippen molar-refractivity contribution >= 4 is 35.0 Å². The predicted octanol–water partition coefficient (Wildman–Crippen LogP) is 2.83. The fourth-order valence-electron chi connectivity index (χ4n) is 4.12. The lowest BCUT2D eigenvalue weighted by molar-refractivity contribution is -0.137. The van der Waals surface area contributed by atoms with Gasteiger partial charge in [0, 0.05) is 50.9 Å². The maximum Gasteiger partial charge on any atom is 0.255 e. The molecule has 4 rings (SSSR count). The van der Waals surface area contributed by atoms with Crippen molar-refractivity contribution in [1.82, 2.24) is 9.80 Å². The van der Waals surface area contributed by atoms with E-state index in [1.165, 1.54) is 12.1 Å². The largest absolute Gasteiger partial charge is 0.497 e. The third kappa shape index (κ3) is 4.41. The molecule has 3 amide bonds. The van der Waals surface area contributed by atoms with Gasteiger partial charge in [-0.25, -0.2) is 4.39 Å². The van der Waals surface area contributed by atoms with Gasteiger partial charge in [0.25, 0.3) is 5.91 Å². The van der Waals surface area contributed by atoms with Gasteiger partial charge in [-0.15, -0.1) is 0 Å². The first-order valence-corrected chi connectivity index (χ1v) is 10.7. The Kier molecular flexibility index (Phi) is 6.32. The lowest BCUT2D eigenvalue weighted by Gasteiger charge is -2.36. The van der Waals surface area contributed by atoms with Gasteiger partial charge in [-0.05, 0) is 30.3 Å². The number of carbonyl (C=O) groups excluding carboxylic acids is 3. The maximum absolute atomic E-state index is 13.3. The summed E-state index contributed by atoms with van der Waals surface area (Å²) in [5.41, 5.74) is 0.944. The quantitative estimate of drug-likeness (QED) is 0.705. The molecule has 168 valence electrons. The molecule has 2 fully saturated rings. The summed E-state index contributed by atoms with van der Waals surface area (Å²) < 4.78 is 18.5. The van der Waals surface area contributed by atoms with Crippen molar-refractivity contribution in [3.8, 4) is 5.75 Å². The van der Waals surface area contributed by atoms with E-state index in [1.54, 1.807) is 40.0 Å². The predicted molar refractivity (Wildman–Crippen MR) is 117 cm³/mol. The Hall–Kier alpha value is -3.13. The number of amides is 3. The first-order valence-electron chi connectivity index (χ1n) is 10.3. The van der Waals surface area contributed by atoms with Crippen molar-refractivity contribution < 1.29 is 23.5 Å². The summed E-state index contributed by atoms with van der Waals surface area (Å²) in [7, 11) is 1.56. The van der Waals surface area contributed by atoms with Crippen LogP contribution in [0, 0.1) is 11.7 Å². The van der Waals surface area contributed by atoms with E-state index in [1.807, 2.05) is 6.07 Å². The zero-order valence-electron chi connectivity index (χ0n) is 17.6. The Morgan fingerprint density at radius 1 is 1.06 bits per heavy atom. The summed E-state index contributed by atoms with van der Waals surface area (Å²) in [4.78, 5) is 43.2. The van der Waals surface area contributed by atoms with Gasteiger partial charge in [0.2, 0.25) is 11.8 Å². The van der Waals surface area contributed by atoms with E-state index in [-0.39, 0.29) is 34.7 Å². The summed E-state index contributed by atoms with van der Waals surface area (Å²) in [5, 5.41) is 0.0654. The highest BCUT2D eigenvalue weighted by Crippen LogP contribution is 2.29. The van der Waals surface area contributed by atoms with Gasteiger partial charge in [-0.3, -0.25) is 14.4 Å². The fraction of sp³-hybridized carbons (Fsp3) is 0.348. The monoisotopic (exact) mass is 459 g/mol. The van der Waals surface area contributed by atoms with Crippen LogP contribution >= 0.6 is 11.6 Å². The van der Waals surface area contributed by atoms with Gasteiger partial charge < -0.3 is 19.4 Å². The smallest absolute Gasteiger partial charge is 0.255 e. The molecule has 0 aromatic heterocycles. The molecule has 32 heavy (non-hydrogen) atoms. The molecule has 2 saturated heterocycles. The topological polar surface area (TPSA) is 70.2 Å². The first-order chi connectivity index (χ1) is 15.4. The summed E-state index contributed by atoms with van der Waals surface area (Å²) in [6.07, 6.45) is 0.153. The Bertz CT molecular complexity index is 1060. The van der Waals surface area contributed by atoms with Crippen LogP contribution in [0.15, 0.2) is 42.5 Å². The van der Waals surface area contributed by atoms with Crippen LogP contribution < -0.4 is 9.64 Å². The molecule has 0 N–H and O–H groups in total. The highest BCUT2D eigenvalue weighted by molar-refractivity contribution is 6.33. The van der Waals surface area contributed by atoms with Crippen molar-refractivity contribution in [2.75, 3.05) is 44.7 Å². The molecule has 0 aliphatic carbocycles. The van der Waals surface area contributed by atoms with E-state index in [9.17, 15) is 18.8 Å². The normalized spacial score (nSPS) is 18.8. The number of hydrogen-bond acceptors (Lipinski definition) is 4. The van der Waals surface area contributed by atoms with E-state index in [4.69, 9.17) is 16.3 Å². The van der Waals surface area contributed by atoms with Crippen LogP contribution in [0.1, 0.15) is 16.8 Å². The lowest BCUT2D eigenvalue weighted by atomic mass is 10.1. The third-order valence-corrected chi connectivity index (χ3v) is 6.19. The van der Waals surface area contributed by atoms with Gasteiger partial charge >= 0.3 is 0 Å². The van der Waals surface area contributed by atoms with E-state index < -0.39 is 11.7 Å². The van der Waals surface area contributed by atoms with Crippen LogP contribution in [0.5, 0.6) is 5.75 Å². The molecule has 2 aromatic rings. The number of carbonyl (C=O) groups is 3. The minimum Gasteiger partial charge on any atom is -0.497 e. The van der Waals surface area contributed by atoms with E-state index in [2.05, 4.69) is 0 Å². The first kappa shape index (κ1) is 22.1. The van der Waals surface area contributed by atoms with Gasteiger partial charge in [-0.1, -0.05) is 17.7 Å². The summed E-state index contributed by atoms with van der Waals surface area (Å²) in [6.45, 7) is 1.74. The second-order valence-electron chi connectivity index (χ2n) is 7.85. The molecular formula is C23H23ClFN3O4. The lowest BCUT2D eigenvalue weighted by Crippen LogP contribution is -2.52. The number of hydrogen-bond donors (Lipinski definition) is 0. The van der Waals surface area contributed by atoms with Gasteiger partial charge in [-0.2, -0.15) is 0 Å². The summed E-state index contributed by atoms with van der Waals surface area (Å²) >= 11 is 6.01. The van der Waals surface area contributed by atoms with Gasteiger partial charge in [0.1, 0.15) is 11.6 Å². The van der Waals surface area contributed by atoms with Crippen molar-refractivity contribution in [2.45, 2.75) is 6.42 Å². The average Bonchev–Trinajstić information content (AvgIpc) is 3.20.